The van der Waals surface area contributed by atoms with E-state index in [4.69, 9.17) is 4.52 Å². The van der Waals surface area contributed by atoms with Crippen molar-refractivity contribution in [2.45, 2.75) is 6.92 Å². The van der Waals surface area contributed by atoms with Gasteiger partial charge in [0, 0.05) is 0 Å². The Bertz CT molecular complexity index is 786. The molecule has 3 aromatic rings. The molecule has 0 bridgehead atoms. The highest BCUT2D eigenvalue weighted by Gasteiger charge is 2.16. The molecule has 0 aliphatic carbocycles. The van der Waals surface area contributed by atoms with Crippen molar-refractivity contribution < 1.29 is 14.3 Å². The Morgan fingerprint density at radius 3 is 1.87 bits per heavy atom. The van der Waals surface area contributed by atoms with Crippen LogP contribution in [0.1, 0.15) is 5.56 Å². The van der Waals surface area contributed by atoms with Crippen LogP contribution in [0.25, 0.3) is 22.3 Å². The van der Waals surface area contributed by atoms with Crippen LogP contribution in [-0.4, -0.2) is 9.79 Å². The average molecular weight is 324 g/mol. The highest BCUT2D eigenvalue weighted by atomic mass is 31.2. The summed E-state index contributed by atoms with van der Waals surface area (Å²) in [7, 11) is -2.44. The van der Waals surface area contributed by atoms with Gasteiger partial charge in [-0.25, -0.2) is 0 Å². The molecule has 116 valence electrons. The summed E-state index contributed by atoms with van der Waals surface area (Å²) >= 11 is 0. The van der Waals surface area contributed by atoms with Crippen molar-refractivity contribution in [3.05, 3.63) is 78.4 Å². The lowest BCUT2D eigenvalue weighted by Gasteiger charge is -2.17. The summed E-state index contributed by atoms with van der Waals surface area (Å²) in [6.45, 7) is 1.93. The van der Waals surface area contributed by atoms with Crippen molar-refractivity contribution in [2.24, 2.45) is 0 Å². The molecule has 0 saturated heterocycles. The van der Waals surface area contributed by atoms with E-state index in [2.05, 4.69) is 12.1 Å². The second-order valence-electron chi connectivity index (χ2n) is 5.19. The van der Waals surface area contributed by atoms with Gasteiger partial charge in [-0.1, -0.05) is 66.7 Å². The van der Waals surface area contributed by atoms with E-state index in [-0.39, 0.29) is 0 Å². The van der Waals surface area contributed by atoms with E-state index in [0.717, 1.165) is 27.8 Å². The molecule has 0 aliphatic rings. The third-order valence-electron chi connectivity index (χ3n) is 3.74. The van der Waals surface area contributed by atoms with Crippen LogP contribution >= 0.6 is 8.60 Å². The lowest BCUT2D eigenvalue weighted by molar-refractivity contribution is 0.374. The Balaban J connectivity index is 2.23. The van der Waals surface area contributed by atoms with Crippen LogP contribution in [-0.2, 0) is 0 Å². The van der Waals surface area contributed by atoms with Gasteiger partial charge < -0.3 is 14.3 Å². The first-order valence-corrected chi connectivity index (χ1v) is 8.43. The molecule has 0 aliphatic heterocycles. The van der Waals surface area contributed by atoms with Crippen molar-refractivity contribution in [1.29, 1.82) is 0 Å². The monoisotopic (exact) mass is 324 g/mol. The second-order valence-corrected chi connectivity index (χ2v) is 5.88. The predicted molar refractivity (Wildman–Crippen MR) is 94.0 cm³/mol. The van der Waals surface area contributed by atoms with E-state index >= 15 is 0 Å². The number of hydrogen-bond acceptors (Lipinski definition) is 3. The van der Waals surface area contributed by atoms with Crippen LogP contribution in [0.5, 0.6) is 5.75 Å². The standard InChI is InChI=1S/C19H17O3P/c1-14-18(22-23(20)21)13-12-17(15-8-4-2-5-9-15)19(14)16-10-6-3-7-11-16/h2-13,20-21H,1H3. The maximum atomic E-state index is 9.18. The van der Waals surface area contributed by atoms with Crippen LogP contribution in [0.15, 0.2) is 72.8 Å². The van der Waals surface area contributed by atoms with Gasteiger partial charge >= 0.3 is 8.60 Å². The molecule has 0 saturated carbocycles. The molecule has 3 nitrogen and oxygen atoms in total. The van der Waals surface area contributed by atoms with E-state index < -0.39 is 8.60 Å². The fourth-order valence-electron chi connectivity index (χ4n) is 2.71. The first kappa shape index (κ1) is 15.7. The van der Waals surface area contributed by atoms with Gasteiger partial charge in [0.25, 0.3) is 0 Å². The van der Waals surface area contributed by atoms with Crippen molar-refractivity contribution >= 4 is 8.60 Å². The second kappa shape index (κ2) is 6.93. The summed E-state index contributed by atoms with van der Waals surface area (Å²) in [5.41, 5.74) is 5.17. The Morgan fingerprint density at radius 1 is 0.739 bits per heavy atom. The molecular weight excluding hydrogens is 307 g/mol. The fraction of sp³-hybridized carbons (Fsp3) is 0.0526. The quantitative estimate of drug-likeness (QED) is 0.670. The maximum Gasteiger partial charge on any atom is 0.391 e. The first-order chi connectivity index (χ1) is 11.2. The molecule has 0 aromatic heterocycles. The average Bonchev–Trinajstić information content (AvgIpc) is 2.58. The third-order valence-corrected chi connectivity index (χ3v) is 4.10. The molecule has 0 atom stereocenters. The highest BCUT2D eigenvalue weighted by molar-refractivity contribution is 7.39. The number of benzene rings is 3. The van der Waals surface area contributed by atoms with E-state index in [0.29, 0.717) is 5.75 Å². The molecule has 23 heavy (non-hydrogen) atoms. The summed E-state index contributed by atoms with van der Waals surface area (Å²) in [5, 5.41) is 0. The third kappa shape index (κ3) is 3.43. The van der Waals surface area contributed by atoms with Crippen LogP contribution in [0.2, 0.25) is 0 Å². The van der Waals surface area contributed by atoms with Gasteiger partial charge in [0.2, 0.25) is 0 Å². The van der Waals surface area contributed by atoms with Crippen LogP contribution in [0.4, 0.5) is 0 Å². The summed E-state index contributed by atoms with van der Waals surface area (Å²) in [6, 6.07) is 23.9. The topological polar surface area (TPSA) is 49.7 Å². The van der Waals surface area contributed by atoms with E-state index in [1.54, 1.807) is 6.07 Å². The molecule has 0 heterocycles. The molecule has 0 fully saturated rings. The highest BCUT2D eigenvalue weighted by Crippen LogP contribution is 2.41. The van der Waals surface area contributed by atoms with Crippen molar-refractivity contribution in [3.8, 4) is 28.0 Å². The summed E-state index contributed by atoms with van der Waals surface area (Å²) in [6.07, 6.45) is 0. The zero-order valence-electron chi connectivity index (χ0n) is 12.7. The molecule has 0 amide bonds. The predicted octanol–water partition coefficient (Wildman–Crippen LogP) is 4.92. The maximum absolute atomic E-state index is 9.18. The minimum atomic E-state index is -2.44. The van der Waals surface area contributed by atoms with Gasteiger partial charge in [0.05, 0.1) is 0 Å². The minimum Gasteiger partial charge on any atom is -0.427 e. The lowest BCUT2D eigenvalue weighted by atomic mass is 9.90. The van der Waals surface area contributed by atoms with Crippen molar-refractivity contribution in [1.82, 2.24) is 0 Å². The zero-order chi connectivity index (χ0) is 16.2. The van der Waals surface area contributed by atoms with Gasteiger partial charge in [0.15, 0.2) is 0 Å². The van der Waals surface area contributed by atoms with Gasteiger partial charge in [0.1, 0.15) is 5.75 Å². The van der Waals surface area contributed by atoms with Gasteiger partial charge in [-0.15, -0.1) is 0 Å². The Labute approximate surface area is 136 Å². The molecule has 0 unspecified atom stereocenters. The minimum absolute atomic E-state index is 0.486. The first-order valence-electron chi connectivity index (χ1n) is 7.27. The molecule has 2 N–H and O–H groups in total. The van der Waals surface area contributed by atoms with Crippen LogP contribution in [0.3, 0.4) is 0 Å². The number of rotatable bonds is 4. The fourth-order valence-corrected chi connectivity index (χ4v) is 3.09. The normalized spacial score (nSPS) is 10.8. The van der Waals surface area contributed by atoms with Crippen molar-refractivity contribution in [2.75, 3.05) is 0 Å². The molecule has 4 heteroatoms. The van der Waals surface area contributed by atoms with E-state index in [1.807, 2.05) is 61.5 Å². The summed E-state index contributed by atoms with van der Waals surface area (Å²) in [4.78, 5) is 18.4. The Morgan fingerprint density at radius 2 is 1.30 bits per heavy atom. The van der Waals surface area contributed by atoms with E-state index in [1.165, 1.54) is 0 Å². The summed E-state index contributed by atoms with van der Waals surface area (Å²) in [5.74, 6) is 0.486. The largest absolute Gasteiger partial charge is 0.427 e. The van der Waals surface area contributed by atoms with Gasteiger partial charge in [-0.3, -0.25) is 0 Å². The molecular formula is C19H17O3P. The Kier molecular flexibility index (Phi) is 4.73. The van der Waals surface area contributed by atoms with Crippen LogP contribution in [0, 0.1) is 6.92 Å². The van der Waals surface area contributed by atoms with Crippen LogP contribution < -0.4 is 4.52 Å². The summed E-state index contributed by atoms with van der Waals surface area (Å²) < 4.78 is 5.17. The molecule has 3 rings (SSSR count). The molecule has 3 aromatic carbocycles. The van der Waals surface area contributed by atoms with Gasteiger partial charge in [-0.2, -0.15) is 0 Å². The number of hydrogen-bond donors (Lipinski definition) is 2. The molecule has 0 radical (unpaired) electrons. The Hall–Kier alpha value is -2.19. The van der Waals surface area contributed by atoms with E-state index in [9.17, 15) is 9.79 Å². The molecule has 0 spiro atoms. The van der Waals surface area contributed by atoms with Crippen molar-refractivity contribution in [3.63, 3.8) is 0 Å². The van der Waals surface area contributed by atoms with Gasteiger partial charge in [-0.05, 0) is 40.8 Å². The smallest absolute Gasteiger partial charge is 0.391 e. The lowest BCUT2D eigenvalue weighted by Crippen LogP contribution is -1.94. The zero-order valence-corrected chi connectivity index (χ0v) is 13.6. The SMILES string of the molecule is Cc1c(OP(O)O)ccc(-c2ccccc2)c1-c1ccccc1.